The highest BCUT2D eigenvalue weighted by Crippen LogP contribution is 2.24. The molecule has 2 aromatic rings. The zero-order chi connectivity index (χ0) is 12.6. The first-order valence-electron chi connectivity index (χ1n) is 5.24. The Labute approximate surface area is 107 Å². The maximum Gasteiger partial charge on any atom is 0.255 e. The number of halogens is 1. The maximum absolute atomic E-state index is 12.1. The molecule has 0 aliphatic heterocycles. The van der Waals surface area contributed by atoms with Gasteiger partial charge in [0, 0.05) is 17.1 Å². The van der Waals surface area contributed by atoms with Crippen molar-refractivity contribution in [1.29, 1.82) is 5.26 Å². The lowest BCUT2D eigenvalue weighted by molar-refractivity contribution is 0.849. The lowest BCUT2D eigenvalue weighted by atomic mass is 10.0. The Kier molecular flexibility index (Phi) is 3.03. The molecule has 1 aromatic heterocycles. The highest BCUT2D eigenvalue weighted by Gasteiger charge is 2.13. The summed E-state index contributed by atoms with van der Waals surface area (Å²) in [5.74, 6) is -0.392. The van der Waals surface area contributed by atoms with Crippen LogP contribution in [0.4, 0.5) is 0 Å². The average molecular weight is 291 g/mol. The molecule has 17 heavy (non-hydrogen) atoms. The lowest BCUT2D eigenvalue weighted by Gasteiger charge is -2.10. The molecule has 0 aliphatic carbocycles. The standard InChI is InChI=1S/C13H11BrN2O/c1-8(7-15)10-6-9-4-3-5-11(14)12(9)16(2)13(10)17/h3-6,8H,1-2H3. The van der Waals surface area contributed by atoms with Crippen LogP contribution >= 0.6 is 15.9 Å². The summed E-state index contributed by atoms with van der Waals surface area (Å²) in [6.45, 7) is 1.74. The molecule has 0 N–H and O–H groups in total. The van der Waals surface area contributed by atoms with Crippen LogP contribution in [0.2, 0.25) is 0 Å². The fraction of sp³-hybridized carbons (Fsp3) is 0.231. The number of hydrogen-bond donors (Lipinski definition) is 0. The normalized spacial score (nSPS) is 12.4. The monoisotopic (exact) mass is 290 g/mol. The van der Waals surface area contributed by atoms with Gasteiger partial charge >= 0.3 is 0 Å². The minimum Gasteiger partial charge on any atom is -0.310 e. The number of aryl methyl sites for hydroxylation is 1. The fourth-order valence-electron chi connectivity index (χ4n) is 1.91. The van der Waals surface area contributed by atoms with Crippen molar-refractivity contribution in [3.8, 4) is 6.07 Å². The Morgan fingerprint density at radius 3 is 2.82 bits per heavy atom. The van der Waals surface area contributed by atoms with Crippen LogP contribution in [0.3, 0.4) is 0 Å². The molecule has 0 saturated carbocycles. The molecule has 0 saturated heterocycles. The summed E-state index contributed by atoms with van der Waals surface area (Å²) in [4.78, 5) is 12.1. The van der Waals surface area contributed by atoms with Gasteiger partial charge in [-0.1, -0.05) is 12.1 Å². The molecule has 2 rings (SSSR count). The second-order valence-corrected chi connectivity index (χ2v) is 4.85. The van der Waals surface area contributed by atoms with Crippen LogP contribution in [0.15, 0.2) is 33.5 Å². The number of benzene rings is 1. The van der Waals surface area contributed by atoms with Gasteiger partial charge in [-0.3, -0.25) is 4.79 Å². The molecule has 0 spiro atoms. The topological polar surface area (TPSA) is 45.8 Å². The highest BCUT2D eigenvalue weighted by molar-refractivity contribution is 9.10. The van der Waals surface area contributed by atoms with Gasteiger partial charge in [0.2, 0.25) is 0 Å². The third kappa shape index (κ3) is 1.87. The maximum atomic E-state index is 12.1. The smallest absolute Gasteiger partial charge is 0.255 e. The van der Waals surface area contributed by atoms with Crippen molar-refractivity contribution >= 4 is 26.8 Å². The number of rotatable bonds is 1. The molecule has 3 nitrogen and oxygen atoms in total. The minimum atomic E-state index is -0.392. The number of fused-ring (bicyclic) bond motifs is 1. The van der Waals surface area contributed by atoms with Crippen LogP contribution in [0.25, 0.3) is 10.9 Å². The molecular formula is C13H11BrN2O. The van der Waals surface area contributed by atoms with E-state index in [2.05, 4.69) is 22.0 Å². The minimum absolute atomic E-state index is 0.113. The van der Waals surface area contributed by atoms with Gasteiger partial charge in [0.25, 0.3) is 5.56 Å². The van der Waals surface area contributed by atoms with Gasteiger partial charge in [-0.25, -0.2) is 0 Å². The SMILES string of the molecule is CC(C#N)c1cc2cccc(Br)c2n(C)c1=O. The van der Waals surface area contributed by atoms with E-state index in [1.165, 1.54) is 0 Å². The molecule has 4 heteroatoms. The molecule has 0 amide bonds. The number of aromatic nitrogens is 1. The molecule has 0 bridgehead atoms. The van der Waals surface area contributed by atoms with Crippen molar-refractivity contribution in [2.75, 3.05) is 0 Å². The predicted molar refractivity (Wildman–Crippen MR) is 70.9 cm³/mol. The van der Waals surface area contributed by atoms with E-state index in [-0.39, 0.29) is 5.56 Å². The quantitative estimate of drug-likeness (QED) is 0.811. The van der Waals surface area contributed by atoms with Crippen LogP contribution in [-0.4, -0.2) is 4.57 Å². The van der Waals surface area contributed by atoms with E-state index in [0.29, 0.717) is 5.56 Å². The van der Waals surface area contributed by atoms with Crippen molar-refractivity contribution in [2.24, 2.45) is 7.05 Å². The van der Waals surface area contributed by atoms with Crippen LogP contribution in [0.5, 0.6) is 0 Å². The van der Waals surface area contributed by atoms with Crippen molar-refractivity contribution in [1.82, 2.24) is 4.57 Å². The molecular weight excluding hydrogens is 280 g/mol. The Bertz CT molecular complexity index is 682. The molecule has 1 unspecified atom stereocenters. The van der Waals surface area contributed by atoms with Gasteiger partial charge < -0.3 is 4.57 Å². The van der Waals surface area contributed by atoms with E-state index in [1.807, 2.05) is 18.2 Å². The molecule has 1 atom stereocenters. The second-order valence-electron chi connectivity index (χ2n) is 3.99. The van der Waals surface area contributed by atoms with Crippen LogP contribution in [0.1, 0.15) is 18.4 Å². The zero-order valence-electron chi connectivity index (χ0n) is 9.57. The predicted octanol–water partition coefficient (Wildman–Crippen LogP) is 2.93. The van der Waals surface area contributed by atoms with E-state index < -0.39 is 5.92 Å². The van der Waals surface area contributed by atoms with E-state index in [1.54, 1.807) is 24.6 Å². The number of pyridine rings is 1. The third-order valence-corrected chi connectivity index (χ3v) is 3.52. The lowest BCUT2D eigenvalue weighted by Crippen LogP contribution is -2.22. The number of nitrogens with zero attached hydrogens (tertiary/aromatic N) is 2. The van der Waals surface area contributed by atoms with Gasteiger partial charge in [-0.05, 0) is 40.4 Å². The average Bonchev–Trinajstić information content (AvgIpc) is 2.32. The van der Waals surface area contributed by atoms with Gasteiger partial charge in [-0.2, -0.15) is 5.26 Å². The highest BCUT2D eigenvalue weighted by atomic mass is 79.9. The molecule has 0 fully saturated rings. The molecule has 1 aromatic carbocycles. The largest absolute Gasteiger partial charge is 0.310 e. The summed E-state index contributed by atoms with van der Waals surface area (Å²) < 4.78 is 2.47. The molecule has 1 heterocycles. The summed E-state index contributed by atoms with van der Waals surface area (Å²) in [5.41, 5.74) is 1.28. The van der Waals surface area contributed by atoms with E-state index >= 15 is 0 Å². The summed E-state index contributed by atoms with van der Waals surface area (Å²) in [7, 11) is 1.73. The first-order chi connectivity index (χ1) is 8.06. The number of hydrogen-bond acceptors (Lipinski definition) is 2. The Balaban J connectivity index is 2.91. The van der Waals surface area contributed by atoms with E-state index in [0.717, 1.165) is 15.4 Å². The van der Waals surface area contributed by atoms with Gasteiger partial charge in [0.15, 0.2) is 0 Å². The van der Waals surface area contributed by atoms with E-state index in [9.17, 15) is 4.79 Å². The first-order valence-corrected chi connectivity index (χ1v) is 6.03. The van der Waals surface area contributed by atoms with Crippen molar-refractivity contribution in [2.45, 2.75) is 12.8 Å². The van der Waals surface area contributed by atoms with Gasteiger partial charge in [0.1, 0.15) is 0 Å². The molecule has 86 valence electrons. The fourth-order valence-corrected chi connectivity index (χ4v) is 2.55. The van der Waals surface area contributed by atoms with Crippen molar-refractivity contribution < 1.29 is 0 Å². The Morgan fingerprint density at radius 1 is 1.47 bits per heavy atom. The van der Waals surface area contributed by atoms with Crippen molar-refractivity contribution in [3.63, 3.8) is 0 Å². The third-order valence-electron chi connectivity index (χ3n) is 2.88. The van der Waals surface area contributed by atoms with Crippen LogP contribution in [0, 0.1) is 11.3 Å². The Hall–Kier alpha value is -1.60. The summed E-state index contributed by atoms with van der Waals surface area (Å²) >= 11 is 3.44. The summed E-state index contributed by atoms with van der Waals surface area (Å²) in [6, 6.07) is 9.66. The second kappa shape index (κ2) is 4.34. The van der Waals surface area contributed by atoms with Crippen LogP contribution < -0.4 is 5.56 Å². The molecule has 0 aliphatic rings. The summed E-state index contributed by atoms with van der Waals surface area (Å²) in [5, 5.41) is 9.88. The van der Waals surface area contributed by atoms with Crippen LogP contribution in [-0.2, 0) is 7.05 Å². The molecule has 0 radical (unpaired) electrons. The van der Waals surface area contributed by atoms with Gasteiger partial charge in [-0.15, -0.1) is 0 Å². The van der Waals surface area contributed by atoms with Crippen molar-refractivity contribution in [3.05, 3.63) is 44.7 Å². The summed E-state index contributed by atoms with van der Waals surface area (Å²) in [6.07, 6.45) is 0. The van der Waals surface area contributed by atoms with E-state index in [4.69, 9.17) is 5.26 Å². The first kappa shape index (κ1) is 11.9. The Morgan fingerprint density at radius 2 is 2.18 bits per heavy atom. The number of para-hydroxylation sites is 1. The van der Waals surface area contributed by atoms with Gasteiger partial charge in [0.05, 0.1) is 17.5 Å². The number of nitriles is 1. The zero-order valence-corrected chi connectivity index (χ0v) is 11.2.